The smallest absolute Gasteiger partial charge is 0.242 e. The van der Waals surface area contributed by atoms with Crippen LogP contribution in [0.3, 0.4) is 0 Å². The van der Waals surface area contributed by atoms with Gasteiger partial charge in [-0.1, -0.05) is 49.7 Å². The predicted octanol–water partition coefficient (Wildman–Crippen LogP) is 4.92. The number of rotatable bonds is 12. The van der Waals surface area contributed by atoms with Gasteiger partial charge in [0.25, 0.3) is 0 Å². The van der Waals surface area contributed by atoms with Crippen molar-refractivity contribution in [2.24, 2.45) is 0 Å². The number of nitrogens with one attached hydrogen (secondary N) is 1. The molecule has 31 heavy (non-hydrogen) atoms. The lowest BCUT2D eigenvalue weighted by molar-refractivity contribution is -0.139. The highest BCUT2D eigenvalue weighted by Gasteiger charge is 2.28. The Kier molecular flexibility index (Phi) is 10.7. The fraction of sp³-hybridized carbons (Fsp3) is 0.417. The van der Waals surface area contributed by atoms with E-state index in [1.54, 1.807) is 35.9 Å². The Labute approximate surface area is 194 Å². The second-order valence-electron chi connectivity index (χ2n) is 7.20. The van der Waals surface area contributed by atoms with Gasteiger partial charge in [0.05, 0.1) is 12.9 Å². The van der Waals surface area contributed by atoms with Crippen molar-refractivity contribution in [3.05, 3.63) is 64.7 Å². The van der Waals surface area contributed by atoms with E-state index in [2.05, 4.69) is 5.32 Å². The van der Waals surface area contributed by atoms with Crippen molar-refractivity contribution in [2.45, 2.75) is 45.0 Å². The molecule has 5 nitrogen and oxygen atoms in total. The zero-order valence-corrected chi connectivity index (χ0v) is 20.0. The van der Waals surface area contributed by atoms with Crippen LogP contribution in [0, 0.1) is 0 Å². The largest absolute Gasteiger partial charge is 0.497 e. The fourth-order valence-corrected chi connectivity index (χ4v) is 4.13. The Hall–Kier alpha value is -2.18. The fourth-order valence-electron chi connectivity index (χ4n) is 3.13. The van der Waals surface area contributed by atoms with Crippen LogP contribution in [-0.2, 0) is 21.9 Å². The van der Waals surface area contributed by atoms with Crippen molar-refractivity contribution >= 4 is 35.2 Å². The Balaban J connectivity index is 2.07. The average Bonchev–Trinajstić information content (AvgIpc) is 2.79. The van der Waals surface area contributed by atoms with Gasteiger partial charge >= 0.3 is 0 Å². The standard InChI is InChI=1S/C24H31ClN2O3S/c1-4-14-26-24(29)22(5-2)27(15-18-6-10-20(25)11-7-18)23(28)17-31-16-19-8-12-21(30-3)13-9-19/h6-13,22H,4-5,14-17H2,1-3H3,(H,26,29). The highest BCUT2D eigenvalue weighted by atomic mass is 35.5. The lowest BCUT2D eigenvalue weighted by atomic mass is 10.1. The van der Waals surface area contributed by atoms with E-state index in [1.807, 2.05) is 50.2 Å². The molecule has 0 spiro atoms. The Morgan fingerprint density at radius 2 is 1.71 bits per heavy atom. The van der Waals surface area contributed by atoms with Gasteiger partial charge in [-0.3, -0.25) is 9.59 Å². The van der Waals surface area contributed by atoms with Gasteiger partial charge in [0.2, 0.25) is 11.8 Å². The average molecular weight is 463 g/mol. The van der Waals surface area contributed by atoms with Crippen molar-refractivity contribution in [3.8, 4) is 5.75 Å². The molecule has 0 aliphatic heterocycles. The molecule has 0 radical (unpaired) electrons. The molecule has 2 amide bonds. The molecule has 1 atom stereocenters. The normalized spacial score (nSPS) is 11.6. The molecule has 7 heteroatoms. The summed E-state index contributed by atoms with van der Waals surface area (Å²) < 4.78 is 5.18. The molecule has 168 valence electrons. The molecule has 0 aliphatic rings. The first-order chi connectivity index (χ1) is 15.0. The number of nitrogens with zero attached hydrogens (tertiary/aromatic N) is 1. The minimum absolute atomic E-state index is 0.0491. The zero-order chi connectivity index (χ0) is 22.6. The predicted molar refractivity (Wildman–Crippen MR) is 129 cm³/mol. The minimum atomic E-state index is -0.503. The maximum Gasteiger partial charge on any atom is 0.242 e. The maximum absolute atomic E-state index is 13.2. The highest BCUT2D eigenvalue weighted by Crippen LogP contribution is 2.20. The summed E-state index contributed by atoms with van der Waals surface area (Å²) in [7, 11) is 1.64. The van der Waals surface area contributed by atoms with Gasteiger partial charge in [-0.15, -0.1) is 11.8 Å². The van der Waals surface area contributed by atoms with E-state index in [4.69, 9.17) is 16.3 Å². The molecule has 0 saturated heterocycles. The van der Waals surface area contributed by atoms with E-state index in [0.717, 1.165) is 23.3 Å². The third-order valence-corrected chi connectivity index (χ3v) is 6.10. The number of ether oxygens (including phenoxy) is 1. The topological polar surface area (TPSA) is 58.6 Å². The van der Waals surface area contributed by atoms with Gasteiger partial charge in [-0.25, -0.2) is 0 Å². The Morgan fingerprint density at radius 1 is 1.06 bits per heavy atom. The molecule has 0 aromatic heterocycles. The van der Waals surface area contributed by atoms with E-state index in [1.165, 1.54) is 0 Å². The van der Waals surface area contributed by atoms with Crippen molar-refractivity contribution < 1.29 is 14.3 Å². The van der Waals surface area contributed by atoms with Crippen molar-refractivity contribution in [1.29, 1.82) is 0 Å². The molecule has 0 bridgehead atoms. The molecule has 0 saturated carbocycles. The molecule has 2 rings (SSSR count). The zero-order valence-electron chi connectivity index (χ0n) is 18.4. The summed E-state index contributed by atoms with van der Waals surface area (Å²) in [4.78, 5) is 27.6. The monoisotopic (exact) mass is 462 g/mol. The molecule has 1 unspecified atom stereocenters. The first-order valence-electron chi connectivity index (χ1n) is 10.5. The van der Waals surface area contributed by atoms with Crippen LogP contribution in [0.25, 0.3) is 0 Å². The van der Waals surface area contributed by atoms with E-state index in [9.17, 15) is 9.59 Å². The third-order valence-electron chi connectivity index (χ3n) is 4.85. The molecule has 0 heterocycles. The van der Waals surface area contributed by atoms with Crippen LogP contribution >= 0.6 is 23.4 Å². The number of thioether (sulfide) groups is 1. The molecule has 0 fully saturated rings. The number of amides is 2. The lowest BCUT2D eigenvalue weighted by Gasteiger charge is -2.30. The first kappa shape index (κ1) is 25.1. The number of benzene rings is 2. The Morgan fingerprint density at radius 3 is 2.29 bits per heavy atom. The quantitative estimate of drug-likeness (QED) is 0.486. The minimum Gasteiger partial charge on any atom is -0.497 e. The van der Waals surface area contributed by atoms with Crippen LogP contribution in [0.4, 0.5) is 0 Å². The van der Waals surface area contributed by atoms with Crippen LogP contribution in [0.1, 0.15) is 37.8 Å². The lowest BCUT2D eigenvalue weighted by Crippen LogP contribution is -2.49. The van der Waals surface area contributed by atoms with Crippen LogP contribution < -0.4 is 10.1 Å². The summed E-state index contributed by atoms with van der Waals surface area (Å²) in [5.74, 6) is 1.67. The van der Waals surface area contributed by atoms with Gasteiger partial charge in [0.15, 0.2) is 0 Å². The van der Waals surface area contributed by atoms with Crippen LogP contribution in [-0.4, -0.2) is 42.2 Å². The Bertz CT molecular complexity index is 828. The van der Waals surface area contributed by atoms with Gasteiger partial charge in [-0.05, 0) is 48.2 Å². The van der Waals surface area contributed by atoms with Crippen molar-refractivity contribution in [3.63, 3.8) is 0 Å². The number of methoxy groups -OCH3 is 1. The molecule has 0 aliphatic carbocycles. The number of carbonyl (C=O) groups excluding carboxylic acids is 2. The van der Waals surface area contributed by atoms with Gasteiger partial charge in [-0.2, -0.15) is 0 Å². The van der Waals surface area contributed by atoms with Crippen LogP contribution in [0.2, 0.25) is 5.02 Å². The van der Waals surface area contributed by atoms with Crippen molar-refractivity contribution in [1.82, 2.24) is 10.2 Å². The van der Waals surface area contributed by atoms with Crippen molar-refractivity contribution in [2.75, 3.05) is 19.4 Å². The molecule has 1 N–H and O–H groups in total. The third kappa shape index (κ3) is 8.11. The molecular formula is C24H31ClN2O3S. The highest BCUT2D eigenvalue weighted by molar-refractivity contribution is 7.99. The molecule has 2 aromatic rings. The summed E-state index contributed by atoms with van der Waals surface area (Å²) in [6.45, 7) is 4.91. The van der Waals surface area contributed by atoms with Gasteiger partial charge in [0, 0.05) is 23.9 Å². The summed E-state index contributed by atoms with van der Waals surface area (Å²) in [5.41, 5.74) is 2.07. The SMILES string of the molecule is CCCNC(=O)C(CC)N(Cc1ccc(Cl)cc1)C(=O)CSCc1ccc(OC)cc1. The molecular weight excluding hydrogens is 432 g/mol. The first-order valence-corrected chi connectivity index (χ1v) is 12.0. The van der Waals surface area contributed by atoms with E-state index >= 15 is 0 Å². The summed E-state index contributed by atoms with van der Waals surface area (Å²) >= 11 is 7.54. The number of hydrogen-bond acceptors (Lipinski definition) is 4. The second kappa shape index (κ2) is 13.3. The number of halogens is 1. The number of hydrogen-bond donors (Lipinski definition) is 1. The van der Waals surface area contributed by atoms with Gasteiger partial charge < -0.3 is 15.0 Å². The number of carbonyl (C=O) groups is 2. The van der Waals surface area contributed by atoms with E-state index in [0.29, 0.717) is 36.0 Å². The van der Waals surface area contributed by atoms with E-state index < -0.39 is 6.04 Å². The second-order valence-corrected chi connectivity index (χ2v) is 8.63. The van der Waals surface area contributed by atoms with Crippen LogP contribution in [0.5, 0.6) is 5.75 Å². The summed E-state index contributed by atoms with van der Waals surface area (Å²) in [5, 5.41) is 3.58. The summed E-state index contributed by atoms with van der Waals surface area (Å²) in [6.07, 6.45) is 1.41. The van der Waals surface area contributed by atoms with E-state index in [-0.39, 0.29) is 11.8 Å². The molecule has 2 aromatic carbocycles. The van der Waals surface area contributed by atoms with Crippen LogP contribution in [0.15, 0.2) is 48.5 Å². The van der Waals surface area contributed by atoms with Gasteiger partial charge in [0.1, 0.15) is 11.8 Å². The maximum atomic E-state index is 13.2. The summed E-state index contributed by atoms with van der Waals surface area (Å²) in [6, 6.07) is 14.7.